The summed E-state index contributed by atoms with van der Waals surface area (Å²) in [6, 6.07) is 20.1. The van der Waals surface area contributed by atoms with Crippen LogP contribution < -0.4 is 0 Å². The summed E-state index contributed by atoms with van der Waals surface area (Å²) in [6.07, 6.45) is 4.25. The fraction of sp³-hybridized carbons (Fsp3) is 0.485. The van der Waals surface area contributed by atoms with Gasteiger partial charge in [-0.1, -0.05) is 94.9 Å². The highest BCUT2D eigenvalue weighted by atomic mass is 16.5. The van der Waals surface area contributed by atoms with Gasteiger partial charge in [0.2, 0.25) is 0 Å². The van der Waals surface area contributed by atoms with Gasteiger partial charge in [0.05, 0.1) is 19.1 Å². The summed E-state index contributed by atoms with van der Waals surface area (Å²) in [4.78, 5) is 37.5. The highest BCUT2D eigenvalue weighted by Gasteiger charge is 2.44. The molecule has 0 spiro atoms. The van der Waals surface area contributed by atoms with Gasteiger partial charge in [-0.3, -0.25) is 9.59 Å². The van der Waals surface area contributed by atoms with Crippen LogP contribution >= 0.6 is 0 Å². The molecule has 0 aliphatic carbocycles. The van der Waals surface area contributed by atoms with Crippen LogP contribution in [0.2, 0.25) is 0 Å². The Morgan fingerprint density at radius 3 is 1.68 bits per heavy atom. The van der Waals surface area contributed by atoms with E-state index in [2.05, 4.69) is 46.4 Å². The molecule has 2 aromatic rings. The van der Waals surface area contributed by atoms with Gasteiger partial charge in [-0.2, -0.15) is 0 Å². The number of carbonyl (C=O) groups excluding carboxylic acids is 3. The zero-order valence-corrected chi connectivity index (χ0v) is 23.7. The predicted octanol–water partition coefficient (Wildman–Crippen LogP) is 6.79. The molecule has 0 aromatic heterocycles. The summed E-state index contributed by atoms with van der Waals surface area (Å²) >= 11 is 0. The molecule has 0 bridgehead atoms. The number of carbonyl (C=O) groups is 3. The van der Waals surface area contributed by atoms with Gasteiger partial charge in [0.15, 0.2) is 0 Å². The van der Waals surface area contributed by atoms with Gasteiger partial charge in [0.1, 0.15) is 5.78 Å². The van der Waals surface area contributed by atoms with E-state index >= 15 is 0 Å². The van der Waals surface area contributed by atoms with E-state index in [9.17, 15) is 14.4 Å². The van der Waals surface area contributed by atoms with Gasteiger partial charge in [-0.05, 0) is 61.0 Å². The van der Waals surface area contributed by atoms with Crippen molar-refractivity contribution in [3.05, 3.63) is 84.4 Å². The molecule has 2 unspecified atom stereocenters. The Labute approximate surface area is 228 Å². The minimum absolute atomic E-state index is 0.161. The molecule has 2 rings (SSSR count). The second kappa shape index (κ2) is 14.7. The van der Waals surface area contributed by atoms with E-state index in [1.165, 1.54) is 0 Å². The zero-order chi connectivity index (χ0) is 28.2. The molecule has 0 saturated heterocycles. The number of hydrogen-bond acceptors (Lipinski definition) is 5. The van der Waals surface area contributed by atoms with Crippen LogP contribution in [0.1, 0.15) is 65.0 Å². The lowest BCUT2D eigenvalue weighted by Crippen LogP contribution is -2.41. The third kappa shape index (κ3) is 9.92. The monoisotopic (exact) mass is 520 g/mol. The van der Waals surface area contributed by atoms with Crippen LogP contribution in [0.25, 0.3) is 0 Å². The molecule has 0 heterocycles. The van der Waals surface area contributed by atoms with E-state index in [1.54, 1.807) is 6.92 Å². The molecule has 38 heavy (non-hydrogen) atoms. The van der Waals surface area contributed by atoms with Crippen molar-refractivity contribution in [2.24, 2.45) is 22.7 Å². The zero-order valence-electron chi connectivity index (χ0n) is 23.7. The first-order valence-corrected chi connectivity index (χ1v) is 13.5. The Kier molecular flexibility index (Phi) is 12.0. The number of unbranched alkanes of at least 4 members (excludes halogenated alkanes) is 1. The summed E-state index contributed by atoms with van der Waals surface area (Å²) in [5.74, 6) is -1.08. The van der Waals surface area contributed by atoms with Crippen molar-refractivity contribution in [2.45, 2.75) is 66.7 Å². The van der Waals surface area contributed by atoms with Crippen molar-refractivity contribution < 1.29 is 23.9 Å². The van der Waals surface area contributed by atoms with Crippen molar-refractivity contribution in [3.63, 3.8) is 0 Å². The SMILES string of the molecule is C=CC(=O)OCCCCOC(=O)C(Cc1ccccc1)C(C)(C)CC(C)(C)C(Cc1ccccc1)C(C)=O. The normalized spacial score (nSPS) is 13.3. The first-order chi connectivity index (χ1) is 18.0. The number of Topliss-reactive ketones (excluding diaryl/α,β-unsaturated/α-hetero) is 1. The lowest BCUT2D eigenvalue weighted by Gasteiger charge is -2.42. The minimum Gasteiger partial charge on any atom is -0.465 e. The average molecular weight is 521 g/mol. The van der Waals surface area contributed by atoms with E-state index in [-0.39, 0.29) is 42.2 Å². The fourth-order valence-corrected chi connectivity index (χ4v) is 5.48. The van der Waals surface area contributed by atoms with Crippen LogP contribution in [0.4, 0.5) is 0 Å². The summed E-state index contributed by atoms with van der Waals surface area (Å²) in [7, 11) is 0. The first kappa shape index (κ1) is 31.0. The van der Waals surface area contributed by atoms with Gasteiger partial charge in [0, 0.05) is 12.0 Å². The summed E-state index contributed by atoms with van der Waals surface area (Å²) in [6.45, 7) is 14.1. The average Bonchev–Trinajstić information content (AvgIpc) is 2.87. The van der Waals surface area contributed by atoms with Crippen LogP contribution in [-0.4, -0.2) is 30.9 Å². The molecule has 0 aliphatic heterocycles. The predicted molar refractivity (Wildman–Crippen MR) is 151 cm³/mol. The second-order valence-electron chi connectivity index (χ2n) is 11.5. The maximum atomic E-state index is 13.5. The molecule has 5 heteroatoms. The van der Waals surface area contributed by atoms with Crippen molar-refractivity contribution in [1.82, 2.24) is 0 Å². The second-order valence-corrected chi connectivity index (χ2v) is 11.5. The highest BCUT2D eigenvalue weighted by molar-refractivity contribution is 5.81. The van der Waals surface area contributed by atoms with Crippen LogP contribution in [0.15, 0.2) is 73.3 Å². The Bertz CT molecular complexity index is 1040. The molecule has 2 atom stereocenters. The maximum absolute atomic E-state index is 13.5. The first-order valence-electron chi connectivity index (χ1n) is 13.5. The lowest BCUT2D eigenvalue weighted by atomic mass is 9.61. The van der Waals surface area contributed by atoms with Gasteiger partial charge >= 0.3 is 11.9 Å². The smallest absolute Gasteiger partial charge is 0.330 e. The summed E-state index contributed by atoms with van der Waals surface area (Å²) in [5, 5.41) is 0. The third-order valence-corrected chi connectivity index (χ3v) is 7.33. The molecule has 0 saturated carbocycles. The molecular weight excluding hydrogens is 476 g/mol. The van der Waals surface area contributed by atoms with Gasteiger partial charge < -0.3 is 9.47 Å². The number of rotatable bonds is 16. The molecule has 5 nitrogen and oxygen atoms in total. The van der Waals surface area contributed by atoms with Crippen LogP contribution in [0, 0.1) is 22.7 Å². The Balaban J connectivity index is 2.16. The Hall–Kier alpha value is -3.21. The van der Waals surface area contributed by atoms with E-state index < -0.39 is 11.4 Å². The minimum atomic E-state index is -0.453. The number of ether oxygens (including phenoxy) is 2. The molecule has 0 radical (unpaired) electrons. The van der Waals surface area contributed by atoms with Crippen molar-refractivity contribution in [3.8, 4) is 0 Å². The molecular formula is C33H44O5. The lowest BCUT2D eigenvalue weighted by molar-refractivity contribution is -0.154. The quantitative estimate of drug-likeness (QED) is 0.138. The largest absolute Gasteiger partial charge is 0.465 e. The molecule has 0 aliphatic rings. The van der Waals surface area contributed by atoms with Crippen molar-refractivity contribution in [1.29, 1.82) is 0 Å². The fourth-order valence-electron chi connectivity index (χ4n) is 5.48. The molecule has 0 N–H and O–H groups in total. The Morgan fingerprint density at radius 1 is 0.763 bits per heavy atom. The molecule has 2 aromatic carbocycles. The van der Waals surface area contributed by atoms with Gasteiger partial charge in [-0.15, -0.1) is 0 Å². The van der Waals surface area contributed by atoms with E-state index in [1.807, 2.05) is 48.5 Å². The third-order valence-electron chi connectivity index (χ3n) is 7.33. The van der Waals surface area contributed by atoms with Crippen LogP contribution in [0.5, 0.6) is 0 Å². The van der Waals surface area contributed by atoms with Crippen LogP contribution in [0.3, 0.4) is 0 Å². The molecule has 0 amide bonds. The van der Waals surface area contributed by atoms with E-state index in [4.69, 9.17) is 9.47 Å². The van der Waals surface area contributed by atoms with Gasteiger partial charge in [0.25, 0.3) is 0 Å². The summed E-state index contributed by atoms with van der Waals surface area (Å²) < 4.78 is 10.7. The van der Waals surface area contributed by atoms with Crippen LogP contribution in [-0.2, 0) is 36.7 Å². The number of ketones is 1. The maximum Gasteiger partial charge on any atom is 0.330 e. The van der Waals surface area contributed by atoms with Crippen molar-refractivity contribution in [2.75, 3.05) is 13.2 Å². The standard InChI is InChI=1S/C33H44O5/c1-7-30(35)37-20-14-15-21-38-31(36)29(23-27-18-12-9-13-19-27)33(5,6)24-32(3,4)28(25(2)34)22-26-16-10-8-11-17-26/h7-13,16-19,28-29H,1,14-15,20-24H2,2-6H3. The van der Waals surface area contributed by atoms with Gasteiger partial charge in [-0.25, -0.2) is 4.79 Å². The number of benzene rings is 2. The van der Waals surface area contributed by atoms with Crippen molar-refractivity contribution >= 4 is 17.7 Å². The number of esters is 2. The number of hydrogen-bond donors (Lipinski definition) is 0. The summed E-state index contributed by atoms with van der Waals surface area (Å²) in [5.41, 5.74) is 1.44. The Morgan fingerprint density at radius 2 is 1.21 bits per heavy atom. The van der Waals surface area contributed by atoms with E-state index in [0.717, 1.165) is 17.2 Å². The van der Waals surface area contributed by atoms with E-state index in [0.29, 0.717) is 32.1 Å². The molecule has 0 fully saturated rings. The highest BCUT2D eigenvalue weighted by Crippen LogP contribution is 2.46. The topological polar surface area (TPSA) is 69.7 Å². The molecule has 206 valence electrons.